The van der Waals surface area contributed by atoms with E-state index in [2.05, 4.69) is 0 Å². The summed E-state index contributed by atoms with van der Waals surface area (Å²) >= 11 is 0. The molecule has 1 rings (SSSR count). The number of rotatable bonds is 1. The van der Waals surface area contributed by atoms with Gasteiger partial charge in [0.2, 0.25) is 0 Å². The highest BCUT2D eigenvalue weighted by atomic mass is 16.6. The molecule has 0 aromatic heterocycles. The Bertz CT molecular complexity index is 212. The van der Waals surface area contributed by atoms with Crippen LogP contribution in [0.15, 0.2) is 0 Å². The van der Waals surface area contributed by atoms with Crippen molar-refractivity contribution < 1.29 is 4.92 Å². The van der Waals surface area contributed by atoms with Crippen molar-refractivity contribution >= 4 is 0 Å². The number of nitriles is 1. The van der Waals surface area contributed by atoms with E-state index in [0.717, 1.165) is 25.7 Å². The van der Waals surface area contributed by atoms with Gasteiger partial charge < -0.3 is 0 Å². The van der Waals surface area contributed by atoms with E-state index in [1.54, 1.807) is 0 Å². The zero-order valence-electron chi connectivity index (χ0n) is 6.95. The molecule has 0 N–H and O–H groups in total. The van der Waals surface area contributed by atoms with Crippen LogP contribution in [0.2, 0.25) is 0 Å². The maximum Gasteiger partial charge on any atom is 0.305 e. The SMILES string of the molecule is N#CC1([N+](=O)[O-])CCCCCC1. The Morgan fingerprint density at radius 3 is 2.08 bits per heavy atom. The largest absolute Gasteiger partial charge is 0.305 e. The quantitative estimate of drug-likeness (QED) is 0.341. The van der Waals surface area contributed by atoms with E-state index in [9.17, 15) is 10.1 Å². The third kappa shape index (κ3) is 1.55. The molecule has 0 atom stereocenters. The molecular weight excluding hydrogens is 156 g/mol. The van der Waals surface area contributed by atoms with E-state index in [-0.39, 0.29) is 0 Å². The lowest BCUT2D eigenvalue weighted by atomic mass is 9.93. The second kappa shape index (κ2) is 3.53. The highest BCUT2D eigenvalue weighted by Crippen LogP contribution is 2.28. The summed E-state index contributed by atoms with van der Waals surface area (Å²) in [4.78, 5) is 10.2. The molecule has 1 aliphatic rings. The van der Waals surface area contributed by atoms with Crippen LogP contribution >= 0.6 is 0 Å². The fraction of sp³-hybridized carbons (Fsp3) is 0.875. The molecule has 0 aromatic rings. The molecular formula is C8H12N2O2. The second-order valence-electron chi connectivity index (χ2n) is 3.31. The van der Waals surface area contributed by atoms with Crippen LogP contribution in [0.3, 0.4) is 0 Å². The minimum Gasteiger partial charge on any atom is -0.263 e. The Hall–Kier alpha value is -1.11. The molecule has 0 unspecified atom stereocenters. The number of hydrogen-bond acceptors (Lipinski definition) is 3. The van der Waals surface area contributed by atoms with E-state index in [1.807, 2.05) is 6.07 Å². The summed E-state index contributed by atoms with van der Waals surface area (Å²) in [5.74, 6) is 0. The topological polar surface area (TPSA) is 66.9 Å². The summed E-state index contributed by atoms with van der Waals surface area (Å²) in [6.45, 7) is 0. The highest BCUT2D eigenvalue weighted by Gasteiger charge is 2.42. The van der Waals surface area contributed by atoms with Gasteiger partial charge in [0, 0.05) is 17.8 Å². The first-order chi connectivity index (χ1) is 5.71. The van der Waals surface area contributed by atoms with Crippen molar-refractivity contribution in [2.45, 2.75) is 44.1 Å². The second-order valence-corrected chi connectivity index (χ2v) is 3.31. The van der Waals surface area contributed by atoms with E-state index in [1.165, 1.54) is 0 Å². The molecule has 4 nitrogen and oxygen atoms in total. The third-order valence-electron chi connectivity index (χ3n) is 2.49. The van der Waals surface area contributed by atoms with E-state index >= 15 is 0 Å². The fourth-order valence-electron chi connectivity index (χ4n) is 1.65. The molecule has 0 aromatic carbocycles. The predicted octanol–water partition coefficient (Wildman–Crippen LogP) is 1.88. The zero-order chi connectivity index (χ0) is 9.03. The first-order valence-corrected chi connectivity index (χ1v) is 4.27. The predicted molar refractivity (Wildman–Crippen MR) is 43.0 cm³/mol. The minimum absolute atomic E-state index is 0.404. The van der Waals surface area contributed by atoms with Crippen LogP contribution in [-0.4, -0.2) is 10.5 Å². The van der Waals surface area contributed by atoms with E-state index in [0.29, 0.717) is 12.8 Å². The van der Waals surface area contributed by atoms with Gasteiger partial charge in [0.05, 0.1) is 0 Å². The molecule has 0 radical (unpaired) electrons. The number of nitro groups is 1. The summed E-state index contributed by atoms with van der Waals surface area (Å²) in [6, 6.07) is 1.86. The van der Waals surface area contributed by atoms with Crippen LogP contribution in [0.1, 0.15) is 38.5 Å². The lowest BCUT2D eigenvalue weighted by Crippen LogP contribution is -2.35. The monoisotopic (exact) mass is 168 g/mol. The van der Waals surface area contributed by atoms with E-state index < -0.39 is 10.5 Å². The molecule has 0 heterocycles. The van der Waals surface area contributed by atoms with Gasteiger partial charge in [-0.2, -0.15) is 5.26 Å². The summed E-state index contributed by atoms with van der Waals surface area (Å²) in [6.07, 6.45) is 4.53. The first kappa shape index (κ1) is 8.98. The molecule has 66 valence electrons. The third-order valence-corrected chi connectivity index (χ3v) is 2.49. The summed E-state index contributed by atoms with van der Waals surface area (Å²) in [7, 11) is 0. The van der Waals surface area contributed by atoms with Crippen molar-refractivity contribution in [1.29, 1.82) is 5.26 Å². The molecule has 0 bridgehead atoms. The van der Waals surface area contributed by atoms with Gasteiger partial charge in [0.25, 0.3) is 0 Å². The maximum absolute atomic E-state index is 10.6. The minimum atomic E-state index is -1.27. The molecule has 1 saturated carbocycles. The van der Waals surface area contributed by atoms with Crippen LogP contribution in [0.5, 0.6) is 0 Å². The lowest BCUT2D eigenvalue weighted by Gasteiger charge is -2.14. The van der Waals surface area contributed by atoms with Crippen molar-refractivity contribution in [3.8, 4) is 6.07 Å². The van der Waals surface area contributed by atoms with Crippen LogP contribution in [0.4, 0.5) is 0 Å². The smallest absolute Gasteiger partial charge is 0.263 e. The molecule has 0 spiro atoms. The Labute approximate surface area is 71.3 Å². The summed E-state index contributed by atoms with van der Waals surface area (Å²) in [5.41, 5.74) is -1.27. The van der Waals surface area contributed by atoms with Gasteiger partial charge in [0.1, 0.15) is 6.07 Å². The van der Waals surface area contributed by atoms with Crippen LogP contribution in [0, 0.1) is 21.4 Å². The van der Waals surface area contributed by atoms with Crippen LogP contribution in [-0.2, 0) is 0 Å². The van der Waals surface area contributed by atoms with Crippen LogP contribution < -0.4 is 0 Å². The molecule has 0 aliphatic heterocycles. The standard InChI is InChI=1S/C8H12N2O2/c9-7-8(10(11)12)5-3-1-2-4-6-8/h1-6H2. The summed E-state index contributed by atoms with van der Waals surface area (Å²) in [5, 5.41) is 19.4. The van der Waals surface area contributed by atoms with Gasteiger partial charge in [0.15, 0.2) is 0 Å². The Balaban J connectivity index is 2.77. The Kier molecular flexibility index (Phi) is 2.64. The Morgan fingerprint density at radius 1 is 1.25 bits per heavy atom. The van der Waals surface area contributed by atoms with Gasteiger partial charge in [-0.15, -0.1) is 0 Å². The average Bonchev–Trinajstić information content (AvgIpc) is 2.29. The lowest BCUT2D eigenvalue weighted by molar-refractivity contribution is -0.554. The molecule has 4 heteroatoms. The number of nitrogens with zero attached hydrogens (tertiary/aromatic N) is 2. The molecule has 12 heavy (non-hydrogen) atoms. The van der Waals surface area contributed by atoms with Gasteiger partial charge in [-0.25, -0.2) is 0 Å². The van der Waals surface area contributed by atoms with E-state index in [4.69, 9.17) is 5.26 Å². The highest BCUT2D eigenvalue weighted by molar-refractivity contribution is 5.01. The van der Waals surface area contributed by atoms with Crippen molar-refractivity contribution in [3.63, 3.8) is 0 Å². The van der Waals surface area contributed by atoms with Crippen molar-refractivity contribution in [2.75, 3.05) is 0 Å². The first-order valence-electron chi connectivity index (χ1n) is 4.27. The molecule has 1 aliphatic carbocycles. The fourth-order valence-corrected chi connectivity index (χ4v) is 1.65. The van der Waals surface area contributed by atoms with Gasteiger partial charge >= 0.3 is 5.54 Å². The van der Waals surface area contributed by atoms with Crippen molar-refractivity contribution in [1.82, 2.24) is 0 Å². The van der Waals surface area contributed by atoms with Gasteiger partial charge in [-0.1, -0.05) is 12.8 Å². The molecule has 1 fully saturated rings. The average molecular weight is 168 g/mol. The van der Waals surface area contributed by atoms with Gasteiger partial charge in [-0.05, 0) is 12.8 Å². The normalized spacial score (nSPS) is 22.2. The van der Waals surface area contributed by atoms with Crippen LogP contribution in [0.25, 0.3) is 0 Å². The molecule has 0 saturated heterocycles. The van der Waals surface area contributed by atoms with Crippen molar-refractivity contribution in [3.05, 3.63) is 10.1 Å². The zero-order valence-corrected chi connectivity index (χ0v) is 6.95. The maximum atomic E-state index is 10.6. The summed E-state index contributed by atoms with van der Waals surface area (Å²) < 4.78 is 0. The number of hydrogen-bond donors (Lipinski definition) is 0. The molecule has 0 amide bonds. The Morgan fingerprint density at radius 2 is 1.75 bits per heavy atom. The van der Waals surface area contributed by atoms with Gasteiger partial charge in [-0.3, -0.25) is 10.1 Å². The van der Waals surface area contributed by atoms with Crippen molar-refractivity contribution in [2.24, 2.45) is 0 Å².